The number of aromatic nitrogens is 1. The summed E-state index contributed by atoms with van der Waals surface area (Å²) < 4.78 is 43.8. The Bertz CT molecular complexity index is 627. The molecule has 0 bridgehead atoms. The van der Waals surface area contributed by atoms with Crippen molar-refractivity contribution in [2.24, 2.45) is 0 Å². The first-order valence-corrected chi connectivity index (χ1v) is 5.40. The number of pyridine rings is 1. The molecule has 0 aliphatic heterocycles. The highest BCUT2D eigenvalue weighted by atomic mass is 19.4. The molecule has 1 heterocycles. The molecule has 2 rings (SSSR count). The van der Waals surface area contributed by atoms with E-state index in [1.54, 1.807) is 0 Å². The van der Waals surface area contributed by atoms with E-state index in [0.717, 1.165) is 12.1 Å². The second-order valence-electron chi connectivity index (χ2n) is 3.80. The number of ether oxygens (including phenoxy) is 1. The van der Waals surface area contributed by atoms with Gasteiger partial charge in [0.2, 0.25) is 0 Å². The van der Waals surface area contributed by atoms with Crippen LogP contribution >= 0.6 is 0 Å². The van der Waals surface area contributed by atoms with E-state index >= 15 is 0 Å². The zero-order chi connectivity index (χ0) is 14.8. The highest BCUT2D eigenvalue weighted by Gasteiger charge is 2.35. The van der Waals surface area contributed by atoms with Gasteiger partial charge in [-0.2, -0.15) is 13.2 Å². The van der Waals surface area contributed by atoms with Crippen LogP contribution in [0.15, 0.2) is 42.7 Å². The standard InChI is InChI=1S/C13H8F3NO3/c14-13(15,16)10-6-8(12(18)19)3-4-11(10)20-9-2-1-5-17-7-9/h1-7H,(H,18,19). The summed E-state index contributed by atoms with van der Waals surface area (Å²) >= 11 is 0. The van der Waals surface area contributed by atoms with Crippen LogP contribution in [0.5, 0.6) is 11.5 Å². The number of carboxylic acids is 1. The minimum atomic E-state index is -4.72. The fourth-order valence-electron chi connectivity index (χ4n) is 1.51. The lowest BCUT2D eigenvalue weighted by Gasteiger charge is -2.14. The van der Waals surface area contributed by atoms with Gasteiger partial charge < -0.3 is 9.84 Å². The summed E-state index contributed by atoms with van der Waals surface area (Å²) in [6.07, 6.45) is -2.01. The minimum Gasteiger partial charge on any atom is -0.478 e. The van der Waals surface area contributed by atoms with E-state index in [2.05, 4.69) is 4.98 Å². The van der Waals surface area contributed by atoms with Gasteiger partial charge in [-0.25, -0.2) is 4.79 Å². The summed E-state index contributed by atoms with van der Waals surface area (Å²) in [5, 5.41) is 8.74. The van der Waals surface area contributed by atoms with Gasteiger partial charge in [0.05, 0.1) is 17.3 Å². The van der Waals surface area contributed by atoms with Crippen molar-refractivity contribution >= 4 is 5.97 Å². The summed E-state index contributed by atoms with van der Waals surface area (Å²) in [6, 6.07) is 5.50. The number of carboxylic acid groups (broad SMARTS) is 1. The highest BCUT2D eigenvalue weighted by molar-refractivity contribution is 5.88. The lowest BCUT2D eigenvalue weighted by atomic mass is 10.1. The van der Waals surface area contributed by atoms with Gasteiger partial charge in [0.25, 0.3) is 0 Å². The van der Waals surface area contributed by atoms with Crippen molar-refractivity contribution in [2.75, 3.05) is 0 Å². The molecule has 0 unspecified atom stereocenters. The number of benzene rings is 1. The van der Waals surface area contributed by atoms with E-state index in [9.17, 15) is 18.0 Å². The Morgan fingerprint density at radius 3 is 2.55 bits per heavy atom. The summed E-state index contributed by atoms with van der Waals surface area (Å²) in [5.41, 5.74) is -1.61. The molecule has 104 valence electrons. The molecule has 0 amide bonds. The lowest BCUT2D eigenvalue weighted by Crippen LogP contribution is -2.09. The maximum Gasteiger partial charge on any atom is 0.420 e. The maximum atomic E-state index is 12.9. The molecule has 0 radical (unpaired) electrons. The molecular formula is C13H8F3NO3. The molecule has 1 N–H and O–H groups in total. The molecule has 0 saturated heterocycles. The first-order chi connectivity index (χ1) is 9.38. The molecule has 2 aromatic rings. The van der Waals surface area contributed by atoms with Gasteiger partial charge in [0.1, 0.15) is 11.5 Å². The van der Waals surface area contributed by atoms with E-state index in [4.69, 9.17) is 9.84 Å². The van der Waals surface area contributed by atoms with E-state index in [1.165, 1.54) is 24.5 Å². The zero-order valence-electron chi connectivity index (χ0n) is 9.89. The molecule has 20 heavy (non-hydrogen) atoms. The Hall–Kier alpha value is -2.57. The molecule has 0 aliphatic carbocycles. The van der Waals surface area contributed by atoms with Crippen molar-refractivity contribution < 1.29 is 27.8 Å². The largest absolute Gasteiger partial charge is 0.478 e. The van der Waals surface area contributed by atoms with Crippen LogP contribution in [-0.4, -0.2) is 16.1 Å². The minimum absolute atomic E-state index is 0.126. The Balaban J connectivity index is 2.45. The van der Waals surface area contributed by atoms with E-state index in [0.29, 0.717) is 6.07 Å². The quantitative estimate of drug-likeness (QED) is 0.935. The van der Waals surface area contributed by atoms with Gasteiger partial charge in [-0.15, -0.1) is 0 Å². The van der Waals surface area contributed by atoms with E-state index in [-0.39, 0.29) is 5.75 Å². The molecule has 0 aliphatic rings. The number of alkyl halides is 3. The van der Waals surface area contributed by atoms with Gasteiger partial charge in [-0.3, -0.25) is 4.98 Å². The number of hydrogen-bond acceptors (Lipinski definition) is 3. The fraction of sp³-hybridized carbons (Fsp3) is 0.0769. The van der Waals surface area contributed by atoms with Crippen molar-refractivity contribution in [1.29, 1.82) is 0 Å². The summed E-state index contributed by atoms with van der Waals surface area (Å²) in [4.78, 5) is 14.4. The molecule has 7 heteroatoms. The molecule has 0 saturated carbocycles. The van der Waals surface area contributed by atoms with Gasteiger partial charge in [-0.1, -0.05) is 0 Å². The molecule has 0 atom stereocenters. The number of nitrogens with zero attached hydrogens (tertiary/aromatic N) is 1. The zero-order valence-corrected chi connectivity index (χ0v) is 9.89. The van der Waals surface area contributed by atoms with Crippen molar-refractivity contribution in [3.05, 3.63) is 53.9 Å². The third kappa shape index (κ3) is 3.05. The summed E-state index contributed by atoms with van der Waals surface area (Å²) in [7, 11) is 0. The van der Waals surface area contributed by atoms with E-state index in [1.807, 2.05) is 0 Å². The molecule has 0 fully saturated rings. The maximum absolute atomic E-state index is 12.9. The smallest absolute Gasteiger partial charge is 0.420 e. The first-order valence-electron chi connectivity index (χ1n) is 5.40. The van der Waals surface area contributed by atoms with Crippen LogP contribution in [0.2, 0.25) is 0 Å². The Morgan fingerprint density at radius 2 is 2.00 bits per heavy atom. The average molecular weight is 283 g/mol. The van der Waals surface area contributed by atoms with Gasteiger partial charge in [0.15, 0.2) is 0 Å². The molecule has 1 aromatic carbocycles. The summed E-state index contributed by atoms with van der Waals surface area (Å²) in [6.45, 7) is 0. The normalized spacial score (nSPS) is 11.2. The number of rotatable bonds is 3. The SMILES string of the molecule is O=C(O)c1ccc(Oc2cccnc2)c(C(F)(F)F)c1. The first kappa shape index (κ1) is 13.9. The Morgan fingerprint density at radius 1 is 1.25 bits per heavy atom. The van der Waals surface area contributed by atoms with Crippen LogP contribution in [0.1, 0.15) is 15.9 Å². The number of aromatic carboxylic acids is 1. The van der Waals surface area contributed by atoms with Gasteiger partial charge in [-0.05, 0) is 30.3 Å². The number of hydrogen-bond donors (Lipinski definition) is 1. The van der Waals surface area contributed by atoms with Crippen molar-refractivity contribution in [3.8, 4) is 11.5 Å². The Labute approximate surface area is 111 Å². The third-order valence-electron chi connectivity index (χ3n) is 2.39. The second kappa shape index (κ2) is 5.20. The van der Waals surface area contributed by atoms with Crippen LogP contribution in [0, 0.1) is 0 Å². The van der Waals surface area contributed by atoms with Crippen molar-refractivity contribution in [3.63, 3.8) is 0 Å². The predicted octanol–water partition coefficient (Wildman–Crippen LogP) is 3.59. The number of halogens is 3. The van der Waals surface area contributed by atoms with Crippen molar-refractivity contribution in [1.82, 2.24) is 4.98 Å². The van der Waals surface area contributed by atoms with Gasteiger partial charge in [0, 0.05) is 6.20 Å². The van der Waals surface area contributed by atoms with Crippen LogP contribution in [0.3, 0.4) is 0 Å². The third-order valence-corrected chi connectivity index (χ3v) is 2.39. The average Bonchev–Trinajstić information content (AvgIpc) is 2.39. The monoisotopic (exact) mass is 283 g/mol. The fourth-order valence-corrected chi connectivity index (χ4v) is 1.51. The Kier molecular flexibility index (Phi) is 3.60. The van der Waals surface area contributed by atoms with Crippen LogP contribution in [0.4, 0.5) is 13.2 Å². The lowest BCUT2D eigenvalue weighted by molar-refractivity contribution is -0.138. The second-order valence-corrected chi connectivity index (χ2v) is 3.80. The number of carbonyl (C=O) groups is 1. The van der Waals surface area contributed by atoms with Gasteiger partial charge >= 0.3 is 12.1 Å². The topological polar surface area (TPSA) is 59.4 Å². The van der Waals surface area contributed by atoms with Crippen LogP contribution in [-0.2, 0) is 6.18 Å². The molecule has 0 spiro atoms. The summed E-state index contributed by atoms with van der Waals surface area (Å²) in [5.74, 6) is -1.79. The molecular weight excluding hydrogens is 275 g/mol. The van der Waals surface area contributed by atoms with Crippen LogP contribution < -0.4 is 4.74 Å². The molecule has 1 aromatic heterocycles. The van der Waals surface area contributed by atoms with E-state index < -0.39 is 29.0 Å². The highest BCUT2D eigenvalue weighted by Crippen LogP contribution is 2.38. The van der Waals surface area contributed by atoms with Crippen molar-refractivity contribution in [2.45, 2.75) is 6.18 Å². The molecule has 4 nitrogen and oxygen atoms in total. The van der Waals surface area contributed by atoms with Crippen LogP contribution in [0.25, 0.3) is 0 Å². The predicted molar refractivity (Wildman–Crippen MR) is 62.7 cm³/mol.